The molecule has 2 unspecified atom stereocenters. The molecule has 1 N–H and O–H groups in total. The minimum absolute atomic E-state index is 0.323. The lowest BCUT2D eigenvalue weighted by atomic mass is 10.1. The Morgan fingerprint density at radius 3 is 1.55 bits per heavy atom. The number of quaternary nitrogens is 1. The molecule has 0 fully saturated rings. The highest BCUT2D eigenvalue weighted by Gasteiger charge is 2.32. The molecule has 0 aliphatic carbocycles. The smallest absolute Gasteiger partial charge is 0.330 e. The number of allylic oxidation sites excluding steroid dienone is 2. The molecule has 0 aromatic carbocycles. The molecule has 0 saturated carbocycles. The molecule has 0 aliphatic heterocycles. The quantitative estimate of drug-likeness (QED) is 0.0638. The van der Waals surface area contributed by atoms with Gasteiger partial charge in [0.15, 0.2) is 0 Å². The molecule has 0 aromatic rings. The highest BCUT2D eigenvalue weighted by atomic mass is 31.2. The Morgan fingerprint density at radius 2 is 1.12 bits per heavy atom. The van der Waals surface area contributed by atoms with Crippen LogP contribution in [0.4, 0.5) is 0 Å². The number of rotatable bonds is 24. The fourth-order valence-electron chi connectivity index (χ4n) is 4.28. The fraction of sp³-hybridized carbons (Fsp3) is 0.929. The third kappa shape index (κ3) is 23.4. The van der Waals surface area contributed by atoms with Crippen molar-refractivity contribution in [3.05, 3.63) is 12.2 Å². The summed E-state index contributed by atoms with van der Waals surface area (Å²) in [6, 6.07) is 0. The van der Waals surface area contributed by atoms with Gasteiger partial charge in [0.2, 0.25) is 0 Å². The summed E-state index contributed by atoms with van der Waals surface area (Å²) in [4.78, 5) is 10.1. The van der Waals surface area contributed by atoms with Crippen LogP contribution in [0.15, 0.2) is 12.2 Å². The van der Waals surface area contributed by atoms with Gasteiger partial charge in [-0.25, -0.2) is 0 Å². The molecule has 5 heteroatoms. The van der Waals surface area contributed by atoms with Crippen LogP contribution in [0.3, 0.4) is 0 Å². The van der Waals surface area contributed by atoms with Crippen molar-refractivity contribution in [3.8, 4) is 0 Å². The van der Waals surface area contributed by atoms with Gasteiger partial charge in [0.25, 0.3) is 0 Å². The van der Waals surface area contributed by atoms with Crippen LogP contribution < -0.4 is 0 Å². The maximum Gasteiger partial charge on any atom is 0.336 e. The van der Waals surface area contributed by atoms with Gasteiger partial charge in [0, 0.05) is 0 Å². The van der Waals surface area contributed by atoms with Gasteiger partial charge in [0.1, 0.15) is 5.66 Å². The molecular formula is C28H59NO3P+. The van der Waals surface area contributed by atoms with E-state index in [9.17, 15) is 9.46 Å². The average Bonchev–Trinajstić information content (AvgIpc) is 2.73. The average molecular weight is 489 g/mol. The fourth-order valence-corrected chi connectivity index (χ4v) is 5.62. The lowest BCUT2D eigenvalue weighted by Gasteiger charge is -2.29. The highest BCUT2D eigenvalue weighted by Crippen LogP contribution is 2.47. The zero-order valence-corrected chi connectivity index (χ0v) is 23.9. The van der Waals surface area contributed by atoms with E-state index < -0.39 is 7.60 Å². The summed E-state index contributed by atoms with van der Waals surface area (Å²) in [5.41, 5.74) is -0.323. The minimum Gasteiger partial charge on any atom is -0.330 e. The van der Waals surface area contributed by atoms with Crippen LogP contribution in [0.5, 0.6) is 0 Å². The summed E-state index contributed by atoms with van der Waals surface area (Å²) < 4.78 is 18.3. The first-order valence-corrected chi connectivity index (χ1v) is 15.8. The Kier molecular flexibility index (Phi) is 21.1. The van der Waals surface area contributed by atoms with E-state index in [1.165, 1.54) is 103 Å². The van der Waals surface area contributed by atoms with Gasteiger partial charge < -0.3 is 13.9 Å². The van der Waals surface area contributed by atoms with Gasteiger partial charge in [0.05, 0.1) is 34.3 Å². The van der Waals surface area contributed by atoms with Gasteiger partial charge in [-0.2, -0.15) is 0 Å². The molecule has 0 radical (unpaired) electrons. The van der Waals surface area contributed by atoms with Crippen molar-refractivity contribution in [2.24, 2.45) is 0 Å². The molecule has 0 rings (SSSR count). The number of hydrogen-bond acceptors (Lipinski definition) is 2. The van der Waals surface area contributed by atoms with E-state index in [0.29, 0.717) is 17.6 Å². The van der Waals surface area contributed by atoms with Crippen molar-refractivity contribution in [3.63, 3.8) is 0 Å². The molecule has 198 valence electrons. The second kappa shape index (κ2) is 21.2. The van der Waals surface area contributed by atoms with E-state index in [0.717, 1.165) is 12.8 Å². The molecule has 0 amide bonds. The van der Waals surface area contributed by atoms with E-state index >= 15 is 0 Å². The molecule has 0 heterocycles. The summed E-state index contributed by atoms with van der Waals surface area (Å²) in [5.74, 6) is 0. The molecule has 0 aliphatic rings. The van der Waals surface area contributed by atoms with Crippen LogP contribution in [0.1, 0.15) is 129 Å². The third-order valence-electron chi connectivity index (χ3n) is 6.30. The Hall–Kier alpha value is -0.150. The predicted molar refractivity (Wildman–Crippen MR) is 146 cm³/mol. The first-order chi connectivity index (χ1) is 15.7. The first kappa shape index (κ1) is 32.8. The van der Waals surface area contributed by atoms with E-state index in [1.54, 1.807) is 0 Å². The van der Waals surface area contributed by atoms with Crippen molar-refractivity contribution in [2.45, 2.75) is 135 Å². The SMILES string of the molecule is CCCCCCCCCCCC=CCCCCCCCCCOP(=O)(O)C(C)C[N+](C)(C)C. The molecular weight excluding hydrogens is 429 g/mol. The largest absolute Gasteiger partial charge is 0.336 e. The van der Waals surface area contributed by atoms with E-state index in [2.05, 4.69) is 19.1 Å². The van der Waals surface area contributed by atoms with Gasteiger partial charge in [-0.15, -0.1) is 0 Å². The Morgan fingerprint density at radius 1 is 0.727 bits per heavy atom. The minimum atomic E-state index is -3.50. The molecule has 0 bridgehead atoms. The van der Waals surface area contributed by atoms with Crippen molar-refractivity contribution < 1.29 is 18.5 Å². The summed E-state index contributed by atoms with van der Waals surface area (Å²) in [5, 5.41) is 0. The van der Waals surface area contributed by atoms with E-state index in [1.807, 2.05) is 28.1 Å². The van der Waals surface area contributed by atoms with Crippen LogP contribution in [-0.2, 0) is 9.09 Å². The monoisotopic (exact) mass is 488 g/mol. The predicted octanol–water partition coefficient (Wildman–Crippen LogP) is 8.88. The lowest BCUT2D eigenvalue weighted by molar-refractivity contribution is -0.869. The van der Waals surface area contributed by atoms with E-state index in [4.69, 9.17) is 4.52 Å². The van der Waals surface area contributed by atoms with Crippen LogP contribution in [0.25, 0.3) is 0 Å². The van der Waals surface area contributed by atoms with Gasteiger partial charge >= 0.3 is 7.60 Å². The molecule has 33 heavy (non-hydrogen) atoms. The third-order valence-corrected chi connectivity index (χ3v) is 8.13. The second-order valence-electron chi connectivity index (χ2n) is 11.1. The molecule has 0 saturated heterocycles. The zero-order chi connectivity index (χ0) is 24.8. The van der Waals surface area contributed by atoms with Crippen molar-refractivity contribution in [2.75, 3.05) is 34.3 Å². The van der Waals surface area contributed by atoms with Gasteiger partial charge in [-0.1, -0.05) is 103 Å². The molecule has 0 spiro atoms. The summed E-state index contributed by atoms with van der Waals surface area (Å²) in [6.07, 6.45) is 28.2. The standard InChI is InChI=1S/C28H58NO3P/c1-6-7-8-9-10-11-12-13-14-15-16-17-18-19-20-21-22-23-24-25-26-32-33(30,31)28(2)27-29(3,4)5/h16-17,28H,6-15,18-27H2,1-5H3/p+1. The lowest BCUT2D eigenvalue weighted by Crippen LogP contribution is -2.40. The maximum absolute atomic E-state index is 12.3. The normalized spacial score (nSPS) is 15.2. The molecule has 0 aromatic heterocycles. The zero-order valence-electron chi connectivity index (χ0n) is 23.0. The van der Waals surface area contributed by atoms with Crippen LogP contribution >= 0.6 is 7.60 Å². The number of unbranched alkanes of at least 4 members (excludes halogenated alkanes) is 16. The van der Waals surface area contributed by atoms with Gasteiger partial charge in [-0.3, -0.25) is 4.57 Å². The summed E-state index contributed by atoms with van der Waals surface area (Å²) in [7, 11) is 2.60. The van der Waals surface area contributed by atoms with Gasteiger partial charge in [-0.05, 0) is 39.0 Å². The second-order valence-corrected chi connectivity index (χ2v) is 13.3. The maximum atomic E-state index is 12.3. The van der Waals surface area contributed by atoms with E-state index in [-0.39, 0.29) is 5.66 Å². The summed E-state index contributed by atoms with van der Waals surface area (Å²) in [6.45, 7) is 5.14. The Labute approximate surface area is 207 Å². The number of nitrogens with zero attached hydrogens (tertiary/aromatic N) is 1. The van der Waals surface area contributed by atoms with Crippen LogP contribution in [0.2, 0.25) is 0 Å². The van der Waals surface area contributed by atoms with Crippen molar-refractivity contribution in [1.82, 2.24) is 0 Å². The highest BCUT2D eigenvalue weighted by molar-refractivity contribution is 7.53. The first-order valence-electron chi connectivity index (χ1n) is 14.1. The van der Waals surface area contributed by atoms with Crippen molar-refractivity contribution >= 4 is 7.60 Å². The Bertz CT molecular complexity index is 502. The molecule has 4 nitrogen and oxygen atoms in total. The Balaban J connectivity index is 3.39. The topological polar surface area (TPSA) is 46.5 Å². The number of hydrogen-bond donors (Lipinski definition) is 1. The van der Waals surface area contributed by atoms with Crippen LogP contribution in [-0.4, -0.2) is 49.3 Å². The van der Waals surface area contributed by atoms with Crippen molar-refractivity contribution in [1.29, 1.82) is 0 Å². The summed E-state index contributed by atoms with van der Waals surface area (Å²) >= 11 is 0. The van der Waals surface area contributed by atoms with Crippen LogP contribution in [0, 0.1) is 0 Å². The molecule has 2 atom stereocenters.